The van der Waals surface area contributed by atoms with Crippen LogP contribution in [0, 0.1) is 12.3 Å². The lowest BCUT2D eigenvalue weighted by Gasteiger charge is -2.57. The Bertz CT molecular complexity index is 1240. The quantitative estimate of drug-likeness (QED) is 0.562. The van der Waals surface area contributed by atoms with Crippen LogP contribution in [0.5, 0.6) is 5.88 Å². The van der Waals surface area contributed by atoms with Gasteiger partial charge in [0, 0.05) is 12.2 Å². The molecule has 0 saturated heterocycles. The van der Waals surface area contributed by atoms with Crippen LogP contribution in [-0.2, 0) is 0 Å². The van der Waals surface area contributed by atoms with Gasteiger partial charge in [-0.15, -0.1) is 5.10 Å². The summed E-state index contributed by atoms with van der Waals surface area (Å²) in [5.74, 6) is -0.231. The minimum atomic E-state index is -0.506. The fraction of sp³-hybridized carbons (Fsp3) is 0.440. The van der Waals surface area contributed by atoms with Crippen molar-refractivity contribution in [1.29, 1.82) is 0 Å². The second-order valence-corrected chi connectivity index (χ2v) is 10.0. The van der Waals surface area contributed by atoms with Gasteiger partial charge in [-0.1, -0.05) is 18.2 Å². The first kappa shape index (κ1) is 20.9. The van der Waals surface area contributed by atoms with Gasteiger partial charge in [0.25, 0.3) is 11.8 Å². The predicted molar refractivity (Wildman–Crippen MR) is 124 cm³/mol. The normalized spacial score (nSPS) is 25.4. The highest BCUT2D eigenvalue weighted by atomic mass is 16.5. The highest BCUT2D eigenvalue weighted by Gasteiger charge is 2.54. The van der Waals surface area contributed by atoms with E-state index in [2.05, 4.69) is 15.5 Å². The molecule has 3 saturated carbocycles. The Balaban J connectivity index is 1.02. The highest BCUT2D eigenvalue weighted by Crippen LogP contribution is 2.57. The number of nitrogens with zero attached hydrogens (tertiary/aromatic N) is 4. The van der Waals surface area contributed by atoms with Crippen LogP contribution in [0.15, 0.2) is 42.7 Å². The average molecular weight is 461 g/mol. The second-order valence-electron chi connectivity index (χ2n) is 10.0. The molecule has 0 radical (unpaired) electrons. The number of hydrogen-bond acceptors (Lipinski definition) is 5. The van der Waals surface area contributed by atoms with Crippen LogP contribution in [-0.4, -0.2) is 43.5 Å². The lowest BCUT2D eigenvalue weighted by molar-refractivity contribution is -0.0849. The third-order valence-corrected chi connectivity index (χ3v) is 7.43. The number of carbonyl (C=O) groups excluding carboxylic acids is 2. The summed E-state index contributed by atoms with van der Waals surface area (Å²) in [4.78, 5) is 24.6. The van der Waals surface area contributed by atoms with Crippen LogP contribution in [0.1, 0.15) is 71.0 Å². The molecule has 3 aromatic rings. The molecule has 3 fully saturated rings. The molecule has 34 heavy (non-hydrogen) atoms. The molecule has 0 aliphatic heterocycles. The molecule has 0 atom stereocenters. The van der Waals surface area contributed by atoms with E-state index >= 15 is 0 Å². The number of benzene rings is 1. The zero-order valence-corrected chi connectivity index (χ0v) is 19.1. The number of rotatable bonds is 7. The number of amides is 2. The van der Waals surface area contributed by atoms with Crippen molar-refractivity contribution in [2.75, 3.05) is 0 Å². The Hall–Kier alpha value is -3.62. The van der Waals surface area contributed by atoms with E-state index in [0.29, 0.717) is 23.0 Å². The van der Waals surface area contributed by atoms with Crippen molar-refractivity contribution in [3.63, 3.8) is 0 Å². The van der Waals surface area contributed by atoms with Crippen molar-refractivity contribution < 1.29 is 14.3 Å². The van der Waals surface area contributed by atoms with Gasteiger partial charge in [-0.05, 0) is 63.0 Å². The van der Waals surface area contributed by atoms with E-state index in [1.807, 2.05) is 37.3 Å². The van der Waals surface area contributed by atoms with Gasteiger partial charge in [0.1, 0.15) is 11.7 Å². The Morgan fingerprint density at radius 3 is 2.53 bits per heavy atom. The maximum atomic E-state index is 12.9. The van der Waals surface area contributed by atoms with Crippen molar-refractivity contribution in [2.45, 2.75) is 63.6 Å². The monoisotopic (exact) mass is 460 g/mol. The lowest BCUT2D eigenvalue weighted by atomic mass is 9.53. The van der Waals surface area contributed by atoms with Gasteiger partial charge in [0.05, 0.1) is 29.2 Å². The van der Waals surface area contributed by atoms with Gasteiger partial charge >= 0.3 is 0 Å². The molecule has 1 spiro atoms. The lowest BCUT2D eigenvalue weighted by Crippen LogP contribution is -2.58. The van der Waals surface area contributed by atoms with Crippen LogP contribution in [0.3, 0.4) is 0 Å². The van der Waals surface area contributed by atoms with Gasteiger partial charge in [-0.25, -0.2) is 4.68 Å². The van der Waals surface area contributed by atoms with E-state index in [1.165, 1.54) is 0 Å². The number of para-hydroxylation sites is 1. The second kappa shape index (κ2) is 7.72. The number of primary amides is 1. The molecule has 3 aliphatic carbocycles. The Labute approximate surface area is 197 Å². The standard InChI is InChI=1S/C25H28N6O3/c1-15-20(13-27-31(15)18-5-3-2-4-6-18)23(33)28-16-9-25(10-16)11-19(12-25)34-24-21(22(26)32)14-30(29-24)17-7-8-17/h2-6,13-14,16-17,19H,7-12H2,1H3,(H2,26,32)(H,28,33)/t16-,19-,25?. The molecular formula is C25H28N6O3. The summed E-state index contributed by atoms with van der Waals surface area (Å²) in [7, 11) is 0. The molecule has 0 unspecified atom stereocenters. The summed E-state index contributed by atoms with van der Waals surface area (Å²) in [5.41, 5.74) is 8.44. The Kier molecular flexibility index (Phi) is 4.75. The summed E-state index contributed by atoms with van der Waals surface area (Å²) in [6.07, 6.45) is 9.20. The number of nitrogens with two attached hydrogens (primary N) is 1. The molecule has 6 rings (SSSR count). The molecule has 0 bridgehead atoms. The minimum Gasteiger partial charge on any atom is -0.473 e. The van der Waals surface area contributed by atoms with E-state index in [9.17, 15) is 9.59 Å². The summed E-state index contributed by atoms with van der Waals surface area (Å²) < 4.78 is 9.64. The first-order valence-electron chi connectivity index (χ1n) is 11.9. The van der Waals surface area contributed by atoms with E-state index in [1.54, 1.807) is 21.8 Å². The van der Waals surface area contributed by atoms with Crippen LogP contribution >= 0.6 is 0 Å². The number of ether oxygens (including phenoxy) is 1. The average Bonchev–Trinajstić information content (AvgIpc) is 3.42. The molecule has 2 amide bonds. The van der Waals surface area contributed by atoms with Crippen LogP contribution < -0.4 is 15.8 Å². The van der Waals surface area contributed by atoms with E-state index in [-0.39, 0.29) is 23.5 Å². The first-order valence-corrected chi connectivity index (χ1v) is 11.9. The highest BCUT2D eigenvalue weighted by molar-refractivity contribution is 5.95. The predicted octanol–water partition coefficient (Wildman–Crippen LogP) is 2.93. The Morgan fingerprint density at radius 2 is 1.85 bits per heavy atom. The van der Waals surface area contributed by atoms with Gasteiger partial charge in [-0.3, -0.25) is 14.3 Å². The zero-order valence-electron chi connectivity index (χ0n) is 19.1. The first-order chi connectivity index (χ1) is 16.4. The van der Waals surface area contributed by atoms with Crippen molar-refractivity contribution in [2.24, 2.45) is 11.1 Å². The Morgan fingerprint density at radius 1 is 1.12 bits per heavy atom. The largest absolute Gasteiger partial charge is 0.473 e. The molecule has 2 heterocycles. The topological polar surface area (TPSA) is 117 Å². The van der Waals surface area contributed by atoms with Gasteiger partial charge < -0.3 is 15.8 Å². The number of nitrogens with one attached hydrogen (secondary N) is 1. The van der Waals surface area contributed by atoms with Crippen LogP contribution in [0.4, 0.5) is 0 Å². The summed E-state index contributed by atoms with van der Waals surface area (Å²) in [6, 6.07) is 10.3. The van der Waals surface area contributed by atoms with Crippen LogP contribution in [0.25, 0.3) is 5.69 Å². The smallest absolute Gasteiger partial charge is 0.255 e. The molecule has 176 valence electrons. The van der Waals surface area contributed by atoms with Gasteiger partial charge in [0.15, 0.2) is 0 Å². The molecular weight excluding hydrogens is 432 g/mol. The molecule has 3 aliphatic rings. The minimum absolute atomic E-state index is 0.0312. The fourth-order valence-corrected chi connectivity index (χ4v) is 5.45. The summed E-state index contributed by atoms with van der Waals surface area (Å²) >= 11 is 0. The third-order valence-electron chi connectivity index (χ3n) is 7.43. The van der Waals surface area contributed by atoms with Crippen molar-refractivity contribution in [3.8, 4) is 11.6 Å². The van der Waals surface area contributed by atoms with Crippen molar-refractivity contribution >= 4 is 11.8 Å². The third kappa shape index (κ3) is 3.65. The maximum absolute atomic E-state index is 12.9. The molecule has 2 aromatic heterocycles. The summed E-state index contributed by atoms with van der Waals surface area (Å²) in [6.45, 7) is 1.91. The zero-order chi connectivity index (χ0) is 23.4. The van der Waals surface area contributed by atoms with Crippen molar-refractivity contribution in [3.05, 3.63) is 59.5 Å². The fourth-order valence-electron chi connectivity index (χ4n) is 5.45. The summed E-state index contributed by atoms with van der Waals surface area (Å²) in [5, 5.41) is 12.0. The SMILES string of the molecule is Cc1c(C(=O)N[C@H]2CC3(C2)C[C@H](Oc2nn(C4CC4)cc2C(N)=O)C3)cnn1-c1ccccc1. The van der Waals surface area contributed by atoms with E-state index in [0.717, 1.165) is 49.9 Å². The maximum Gasteiger partial charge on any atom is 0.255 e. The van der Waals surface area contributed by atoms with Crippen LogP contribution in [0.2, 0.25) is 0 Å². The molecule has 1 aromatic carbocycles. The van der Waals surface area contributed by atoms with Gasteiger partial charge in [-0.2, -0.15) is 5.10 Å². The number of carbonyl (C=O) groups is 2. The van der Waals surface area contributed by atoms with Gasteiger partial charge in [0.2, 0.25) is 5.88 Å². The molecule has 9 nitrogen and oxygen atoms in total. The van der Waals surface area contributed by atoms with Crippen molar-refractivity contribution in [1.82, 2.24) is 24.9 Å². The van der Waals surface area contributed by atoms with E-state index in [4.69, 9.17) is 10.5 Å². The van der Waals surface area contributed by atoms with E-state index < -0.39 is 5.91 Å². The molecule has 9 heteroatoms. The number of hydrogen-bond donors (Lipinski definition) is 2. The molecule has 3 N–H and O–H groups in total. The number of aromatic nitrogens is 4.